The highest BCUT2D eigenvalue weighted by molar-refractivity contribution is 6.00. The Morgan fingerprint density at radius 3 is 2.33 bits per heavy atom. The molecule has 0 radical (unpaired) electrons. The molecule has 0 heterocycles. The van der Waals surface area contributed by atoms with Crippen molar-refractivity contribution in [3.05, 3.63) is 57.6 Å². The molecule has 0 saturated carbocycles. The van der Waals surface area contributed by atoms with Crippen molar-refractivity contribution in [3.63, 3.8) is 0 Å². The van der Waals surface area contributed by atoms with Crippen LogP contribution in [0.4, 0.5) is 11.4 Å². The van der Waals surface area contributed by atoms with Crippen molar-refractivity contribution in [3.8, 4) is 11.5 Å². The molecule has 0 bridgehead atoms. The highest BCUT2D eigenvalue weighted by Crippen LogP contribution is 2.28. The first-order valence-corrected chi connectivity index (χ1v) is 8.20. The van der Waals surface area contributed by atoms with Crippen molar-refractivity contribution in [1.82, 2.24) is 4.90 Å². The molecule has 2 aromatic rings. The predicted molar refractivity (Wildman–Crippen MR) is 103 cm³/mol. The van der Waals surface area contributed by atoms with E-state index in [1.54, 1.807) is 58.5 Å². The van der Waals surface area contributed by atoms with Gasteiger partial charge >= 0.3 is 0 Å². The third-order valence-corrected chi connectivity index (χ3v) is 4.15. The molecule has 0 aliphatic heterocycles. The molecule has 0 aliphatic rings. The number of carbonyl (C=O) groups is 1. The SMILES string of the molecule is COc1ccc(CN(C)C(=O)c2cc([N+](=O)[O-])ccc2N(C)C)c(OC)c1. The lowest BCUT2D eigenvalue weighted by molar-refractivity contribution is -0.384. The first-order chi connectivity index (χ1) is 12.8. The number of hydrogen-bond donors (Lipinski definition) is 0. The molecule has 8 heteroatoms. The smallest absolute Gasteiger partial charge is 0.270 e. The molecule has 2 aromatic carbocycles. The number of rotatable bonds is 7. The van der Waals surface area contributed by atoms with Crippen LogP contribution in [0.5, 0.6) is 11.5 Å². The van der Waals surface area contributed by atoms with E-state index < -0.39 is 4.92 Å². The largest absolute Gasteiger partial charge is 0.497 e. The van der Waals surface area contributed by atoms with Crippen molar-refractivity contribution >= 4 is 17.3 Å². The molecule has 0 aromatic heterocycles. The summed E-state index contributed by atoms with van der Waals surface area (Å²) in [6.45, 7) is 0.279. The standard InChI is InChI=1S/C19H23N3O5/c1-20(2)17-9-7-14(22(24)25)10-16(17)19(23)21(3)12-13-6-8-15(26-4)11-18(13)27-5/h6-11H,12H2,1-5H3. The molecule has 27 heavy (non-hydrogen) atoms. The topological polar surface area (TPSA) is 85.1 Å². The van der Waals surface area contributed by atoms with Crippen molar-refractivity contribution in [2.24, 2.45) is 0 Å². The van der Waals surface area contributed by atoms with Crippen molar-refractivity contribution in [2.45, 2.75) is 6.54 Å². The van der Waals surface area contributed by atoms with Gasteiger partial charge in [-0.2, -0.15) is 0 Å². The van der Waals surface area contributed by atoms with Crippen LogP contribution >= 0.6 is 0 Å². The van der Waals surface area contributed by atoms with Crippen LogP contribution < -0.4 is 14.4 Å². The second kappa shape index (κ2) is 8.39. The summed E-state index contributed by atoms with van der Waals surface area (Å²) >= 11 is 0. The molecule has 144 valence electrons. The van der Waals surface area contributed by atoms with Gasteiger partial charge in [-0.05, 0) is 18.2 Å². The van der Waals surface area contributed by atoms with E-state index in [-0.39, 0.29) is 23.7 Å². The van der Waals surface area contributed by atoms with Crippen LogP contribution in [0.15, 0.2) is 36.4 Å². The van der Waals surface area contributed by atoms with Gasteiger partial charge in [-0.3, -0.25) is 14.9 Å². The van der Waals surface area contributed by atoms with Crippen molar-refractivity contribution in [2.75, 3.05) is 40.3 Å². The van der Waals surface area contributed by atoms with Gasteiger partial charge in [-0.15, -0.1) is 0 Å². The number of non-ortho nitro benzene ring substituents is 1. The number of benzene rings is 2. The lowest BCUT2D eigenvalue weighted by Crippen LogP contribution is -2.28. The first-order valence-electron chi connectivity index (χ1n) is 8.20. The summed E-state index contributed by atoms with van der Waals surface area (Å²) in [5, 5.41) is 11.1. The van der Waals surface area contributed by atoms with E-state index in [2.05, 4.69) is 0 Å². The van der Waals surface area contributed by atoms with Gasteiger partial charge in [0, 0.05) is 57.1 Å². The van der Waals surface area contributed by atoms with Gasteiger partial charge in [0.1, 0.15) is 11.5 Å². The minimum atomic E-state index is -0.511. The fourth-order valence-electron chi connectivity index (χ4n) is 2.71. The second-order valence-electron chi connectivity index (χ2n) is 6.19. The minimum Gasteiger partial charge on any atom is -0.497 e. The van der Waals surface area contributed by atoms with E-state index >= 15 is 0 Å². The third kappa shape index (κ3) is 4.46. The molecule has 8 nitrogen and oxygen atoms in total. The Kier molecular flexibility index (Phi) is 6.23. The molecular weight excluding hydrogens is 350 g/mol. The number of nitro benzene ring substituents is 1. The summed E-state index contributed by atoms with van der Waals surface area (Å²) in [4.78, 5) is 26.8. The monoisotopic (exact) mass is 373 g/mol. The zero-order chi connectivity index (χ0) is 20.1. The fourth-order valence-corrected chi connectivity index (χ4v) is 2.71. The van der Waals surface area contributed by atoms with Crippen LogP contribution in [0.3, 0.4) is 0 Å². The van der Waals surface area contributed by atoms with E-state index in [0.717, 1.165) is 5.56 Å². The molecule has 0 atom stereocenters. The van der Waals surface area contributed by atoms with Crippen LogP contribution in [-0.2, 0) is 6.54 Å². The van der Waals surface area contributed by atoms with Crippen molar-refractivity contribution < 1.29 is 19.2 Å². The van der Waals surface area contributed by atoms with E-state index in [4.69, 9.17) is 9.47 Å². The van der Waals surface area contributed by atoms with Crippen LogP contribution in [0.2, 0.25) is 0 Å². The lowest BCUT2D eigenvalue weighted by Gasteiger charge is -2.22. The highest BCUT2D eigenvalue weighted by atomic mass is 16.6. The van der Waals surface area contributed by atoms with Gasteiger partial charge in [-0.25, -0.2) is 0 Å². The van der Waals surface area contributed by atoms with Crippen molar-refractivity contribution in [1.29, 1.82) is 0 Å². The Morgan fingerprint density at radius 2 is 1.78 bits per heavy atom. The van der Waals surface area contributed by atoms with Gasteiger partial charge < -0.3 is 19.3 Å². The van der Waals surface area contributed by atoms with Gasteiger partial charge in [0.15, 0.2) is 0 Å². The number of methoxy groups -OCH3 is 2. The minimum absolute atomic E-state index is 0.126. The van der Waals surface area contributed by atoms with E-state index in [0.29, 0.717) is 17.2 Å². The number of carbonyl (C=O) groups excluding carboxylic acids is 1. The quantitative estimate of drug-likeness (QED) is 0.548. The summed E-state index contributed by atoms with van der Waals surface area (Å²) in [5.74, 6) is 0.930. The van der Waals surface area contributed by atoms with E-state index in [9.17, 15) is 14.9 Å². The van der Waals surface area contributed by atoms with Gasteiger partial charge in [0.05, 0.1) is 24.7 Å². The molecule has 1 amide bonds. The zero-order valence-electron chi connectivity index (χ0n) is 16.1. The third-order valence-electron chi connectivity index (χ3n) is 4.15. The molecule has 0 fully saturated rings. The highest BCUT2D eigenvalue weighted by Gasteiger charge is 2.21. The molecule has 0 spiro atoms. The van der Waals surface area contributed by atoms with E-state index in [1.165, 1.54) is 17.0 Å². The summed E-state index contributed by atoms with van der Waals surface area (Å²) in [6.07, 6.45) is 0. The van der Waals surface area contributed by atoms with Crippen LogP contribution in [0.25, 0.3) is 0 Å². The zero-order valence-corrected chi connectivity index (χ0v) is 16.1. The summed E-state index contributed by atoms with van der Waals surface area (Å²) in [7, 11) is 8.32. The Morgan fingerprint density at radius 1 is 1.07 bits per heavy atom. The van der Waals surface area contributed by atoms with E-state index in [1.807, 2.05) is 6.07 Å². The Balaban J connectivity index is 2.35. The average Bonchev–Trinajstić information content (AvgIpc) is 2.66. The molecule has 0 aliphatic carbocycles. The van der Waals surface area contributed by atoms with Gasteiger partial charge in [0.2, 0.25) is 0 Å². The Hall–Kier alpha value is -3.29. The summed E-state index contributed by atoms with van der Waals surface area (Å²) in [5.41, 5.74) is 1.55. The summed E-state index contributed by atoms with van der Waals surface area (Å²) in [6, 6.07) is 9.62. The number of ether oxygens (including phenoxy) is 2. The fraction of sp³-hybridized carbons (Fsp3) is 0.316. The maximum atomic E-state index is 13.0. The molecule has 0 N–H and O–H groups in total. The summed E-state index contributed by atoms with van der Waals surface area (Å²) < 4.78 is 10.6. The molecule has 0 saturated heterocycles. The molecule has 2 rings (SSSR count). The molecular formula is C19H23N3O5. The number of amides is 1. The average molecular weight is 373 g/mol. The number of nitro groups is 1. The Labute approximate surface area is 158 Å². The maximum Gasteiger partial charge on any atom is 0.270 e. The maximum absolute atomic E-state index is 13.0. The number of nitrogens with zero attached hydrogens (tertiary/aromatic N) is 3. The van der Waals surface area contributed by atoms with Gasteiger partial charge in [-0.1, -0.05) is 0 Å². The lowest BCUT2D eigenvalue weighted by atomic mass is 10.1. The number of hydrogen-bond acceptors (Lipinski definition) is 6. The Bertz CT molecular complexity index is 851. The first kappa shape index (κ1) is 20.0. The number of anilines is 1. The van der Waals surface area contributed by atoms with Crippen LogP contribution in [-0.4, -0.2) is 51.1 Å². The predicted octanol–water partition coefficient (Wildman–Crippen LogP) is 2.95. The normalized spacial score (nSPS) is 10.3. The van der Waals surface area contributed by atoms with Gasteiger partial charge in [0.25, 0.3) is 11.6 Å². The second-order valence-corrected chi connectivity index (χ2v) is 6.19. The molecule has 0 unspecified atom stereocenters. The van der Waals surface area contributed by atoms with Crippen LogP contribution in [0.1, 0.15) is 15.9 Å². The van der Waals surface area contributed by atoms with Crippen LogP contribution in [0, 0.1) is 10.1 Å².